The molecule has 3 atom stereocenters. The topological polar surface area (TPSA) is 78.6 Å². The van der Waals surface area contributed by atoms with Crippen molar-refractivity contribution in [3.63, 3.8) is 0 Å². The highest BCUT2D eigenvalue weighted by molar-refractivity contribution is 5.85. The van der Waals surface area contributed by atoms with Gasteiger partial charge >= 0.3 is 0 Å². The molecule has 2 fully saturated rings. The second kappa shape index (κ2) is 9.62. The van der Waals surface area contributed by atoms with Crippen LogP contribution in [-0.2, 0) is 4.79 Å². The molecule has 25 heavy (non-hydrogen) atoms. The molecule has 0 radical (unpaired) electrons. The van der Waals surface area contributed by atoms with E-state index in [4.69, 9.17) is 5.73 Å². The van der Waals surface area contributed by atoms with Crippen molar-refractivity contribution in [1.29, 1.82) is 0 Å². The van der Waals surface area contributed by atoms with E-state index in [2.05, 4.69) is 41.4 Å². The standard InChI is InChI=1S/C18H27N3O2.2ClH/c1-12-3-2-4-15(9-12)21-7-5-14(6-8-21)20-18(23)13-10-16(19)17(22)11-13;;/h2-4,9,13-14,16-17,22H,5-8,10-11,19H2,1H3,(H,20,23);2*1H/t13-,16-,17-;;/m0../s1. The molecule has 1 aromatic carbocycles. The van der Waals surface area contributed by atoms with Crippen molar-refractivity contribution < 1.29 is 9.90 Å². The molecule has 1 amide bonds. The first kappa shape index (κ1) is 22.0. The van der Waals surface area contributed by atoms with E-state index in [1.807, 2.05) is 0 Å². The Morgan fingerprint density at radius 2 is 1.92 bits per heavy atom. The smallest absolute Gasteiger partial charge is 0.223 e. The lowest BCUT2D eigenvalue weighted by Crippen LogP contribution is -2.46. The van der Waals surface area contributed by atoms with Gasteiger partial charge in [-0.1, -0.05) is 12.1 Å². The summed E-state index contributed by atoms with van der Waals surface area (Å²) >= 11 is 0. The number of amides is 1. The predicted molar refractivity (Wildman–Crippen MR) is 106 cm³/mol. The Hall–Kier alpha value is -1.01. The number of halogens is 2. The number of nitrogens with zero attached hydrogens (tertiary/aromatic N) is 1. The highest BCUT2D eigenvalue weighted by Gasteiger charge is 2.35. The van der Waals surface area contributed by atoms with Crippen LogP contribution < -0.4 is 16.0 Å². The Balaban J connectivity index is 0.00000156. The van der Waals surface area contributed by atoms with E-state index >= 15 is 0 Å². The van der Waals surface area contributed by atoms with E-state index in [1.54, 1.807) is 0 Å². The molecule has 5 nitrogen and oxygen atoms in total. The quantitative estimate of drug-likeness (QED) is 0.738. The van der Waals surface area contributed by atoms with Gasteiger partial charge < -0.3 is 21.1 Å². The van der Waals surface area contributed by atoms with Crippen LogP contribution in [0.2, 0.25) is 0 Å². The molecule has 0 unspecified atom stereocenters. The van der Waals surface area contributed by atoms with Gasteiger partial charge in [-0.15, -0.1) is 24.8 Å². The maximum Gasteiger partial charge on any atom is 0.223 e. The van der Waals surface area contributed by atoms with Crippen LogP contribution in [0.1, 0.15) is 31.2 Å². The molecule has 7 heteroatoms. The summed E-state index contributed by atoms with van der Waals surface area (Å²) in [6.07, 6.45) is 2.47. The van der Waals surface area contributed by atoms with Crippen molar-refractivity contribution >= 4 is 36.4 Å². The van der Waals surface area contributed by atoms with Gasteiger partial charge in [0.2, 0.25) is 5.91 Å². The van der Waals surface area contributed by atoms with E-state index in [0.29, 0.717) is 12.8 Å². The molecule has 0 aromatic heterocycles. The maximum absolute atomic E-state index is 12.3. The average molecular weight is 390 g/mol. The van der Waals surface area contributed by atoms with Crippen LogP contribution in [-0.4, -0.2) is 42.3 Å². The van der Waals surface area contributed by atoms with E-state index in [9.17, 15) is 9.90 Å². The monoisotopic (exact) mass is 389 g/mol. The zero-order chi connectivity index (χ0) is 16.4. The van der Waals surface area contributed by atoms with Gasteiger partial charge in [-0.05, 0) is 50.3 Å². The zero-order valence-electron chi connectivity index (χ0n) is 14.6. The molecule has 0 bridgehead atoms. The Labute approximate surface area is 162 Å². The Kier molecular flexibility index (Phi) is 8.48. The van der Waals surface area contributed by atoms with Gasteiger partial charge in [-0.3, -0.25) is 4.79 Å². The van der Waals surface area contributed by atoms with Gasteiger partial charge in [-0.2, -0.15) is 0 Å². The number of aliphatic hydroxyl groups is 1. The van der Waals surface area contributed by atoms with Crippen LogP contribution in [0.4, 0.5) is 5.69 Å². The SMILES string of the molecule is Cc1cccc(N2CCC(NC(=O)[C@H]3C[C@H](N)[C@@H](O)C3)CC2)c1.Cl.Cl. The van der Waals surface area contributed by atoms with Gasteiger partial charge in [0.15, 0.2) is 0 Å². The van der Waals surface area contributed by atoms with Crippen LogP contribution in [0.5, 0.6) is 0 Å². The lowest BCUT2D eigenvalue weighted by atomic mass is 10.0. The molecule has 1 aromatic rings. The van der Waals surface area contributed by atoms with Crippen LogP contribution in [0, 0.1) is 12.8 Å². The van der Waals surface area contributed by atoms with Crippen molar-refractivity contribution in [2.45, 2.75) is 50.8 Å². The van der Waals surface area contributed by atoms with Gasteiger partial charge in [0.1, 0.15) is 0 Å². The number of carbonyl (C=O) groups is 1. The van der Waals surface area contributed by atoms with E-state index in [0.717, 1.165) is 25.9 Å². The Morgan fingerprint density at radius 3 is 2.48 bits per heavy atom. The van der Waals surface area contributed by atoms with Gasteiger partial charge in [0.05, 0.1) is 6.10 Å². The molecule has 4 N–H and O–H groups in total. The summed E-state index contributed by atoms with van der Waals surface area (Å²) in [6.45, 7) is 4.03. The van der Waals surface area contributed by atoms with Crippen LogP contribution in [0.25, 0.3) is 0 Å². The lowest BCUT2D eigenvalue weighted by Gasteiger charge is -2.34. The number of benzene rings is 1. The molecule has 2 aliphatic rings. The second-order valence-electron chi connectivity index (χ2n) is 7.01. The highest BCUT2D eigenvalue weighted by atomic mass is 35.5. The summed E-state index contributed by atoms with van der Waals surface area (Å²) in [4.78, 5) is 14.7. The predicted octanol–water partition coefficient (Wildman–Crippen LogP) is 2.02. The van der Waals surface area contributed by atoms with Crippen molar-refractivity contribution in [3.8, 4) is 0 Å². The molecule has 1 aliphatic carbocycles. The average Bonchev–Trinajstić information content (AvgIpc) is 2.88. The summed E-state index contributed by atoms with van der Waals surface area (Å²) in [6, 6.07) is 8.53. The summed E-state index contributed by atoms with van der Waals surface area (Å²) < 4.78 is 0. The Morgan fingerprint density at radius 1 is 1.24 bits per heavy atom. The molecular formula is C18H29Cl2N3O2. The summed E-state index contributed by atoms with van der Waals surface area (Å²) in [5, 5.41) is 12.8. The minimum absolute atomic E-state index is 0. The molecule has 3 rings (SSSR count). The number of carbonyl (C=O) groups excluding carboxylic acids is 1. The van der Waals surface area contributed by atoms with Gasteiger partial charge in [0.25, 0.3) is 0 Å². The molecule has 1 saturated carbocycles. The molecule has 142 valence electrons. The third-order valence-electron chi connectivity index (χ3n) is 5.16. The van der Waals surface area contributed by atoms with E-state index < -0.39 is 6.10 Å². The van der Waals surface area contributed by atoms with Crippen molar-refractivity contribution in [2.24, 2.45) is 11.7 Å². The minimum atomic E-state index is -0.533. The fourth-order valence-corrected chi connectivity index (χ4v) is 3.69. The molecule has 1 aliphatic heterocycles. The normalized spacial score (nSPS) is 26.5. The number of nitrogens with one attached hydrogen (secondary N) is 1. The van der Waals surface area contributed by atoms with Crippen LogP contribution in [0.15, 0.2) is 24.3 Å². The first-order valence-electron chi connectivity index (χ1n) is 8.58. The largest absolute Gasteiger partial charge is 0.391 e. The number of hydrogen-bond acceptors (Lipinski definition) is 4. The first-order chi connectivity index (χ1) is 11.0. The fraction of sp³-hybridized carbons (Fsp3) is 0.611. The summed E-state index contributed by atoms with van der Waals surface area (Å²) in [5.74, 6) is -0.0687. The van der Waals surface area contributed by atoms with Crippen molar-refractivity contribution in [1.82, 2.24) is 5.32 Å². The van der Waals surface area contributed by atoms with Gasteiger partial charge in [0, 0.05) is 36.8 Å². The minimum Gasteiger partial charge on any atom is -0.391 e. The molecule has 1 heterocycles. The second-order valence-corrected chi connectivity index (χ2v) is 7.01. The summed E-state index contributed by atoms with van der Waals surface area (Å²) in [5.41, 5.74) is 8.33. The fourth-order valence-electron chi connectivity index (χ4n) is 3.69. The molecular weight excluding hydrogens is 361 g/mol. The third-order valence-corrected chi connectivity index (χ3v) is 5.16. The number of piperidine rings is 1. The van der Waals surface area contributed by atoms with Crippen molar-refractivity contribution in [3.05, 3.63) is 29.8 Å². The third kappa shape index (κ3) is 5.48. The highest BCUT2D eigenvalue weighted by Crippen LogP contribution is 2.26. The van der Waals surface area contributed by atoms with Crippen molar-refractivity contribution in [2.75, 3.05) is 18.0 Å². The lowest BCUT2D eigenvalue weighted by molar-refractivity contribution is -0.125. The number of aryl methyl sites for hydroxylation is 1. The van der Waals surface area contributed by atoms with Crippen LogP contribution >= 0.6 is 24.8 Å². The summed E-state index contributed by atoms with van der Waals surface area (Å²) in [7, 11) is 0. The molecule has 1 saturated heterocycles. The van der Waals surface area contributed by atoms with Crippen LogP contribution in [0.3, 0.4) is 0 Å². The molecule has 0 spiro atoms. The number of aliphatic hydroxyl groups excluding tert-OH is 1. The Bertz CT molecular complexity index is 555. The van der Waals surface area contributed by atoms with E-state index in [-0.39, 0.29) is 48.7 Å². The maximum atomic E-state index is 12.3. The van der Waals surface area contributed by atoms with E-state index in [1.165, 1.54) is 11.3 Å². The first-order valence-corrected chi connectivity index (χ1v) is 8.58. The zero-order valence-corrected chi connectivity index (χ0v) is 16.2. The number of hydrogen-bond donors (Lipinski definition) is 3. The van der Waals surface area contributed by atoms with Gasteiger partial charge in [-0.25, -0.2) is 0 Å². The number of nitrogens with two attached hydrogens (primary N) is 1. The number of anilines is 1. The number of rotatable bonds is 3.